The van der Waals surface area contributed by atoms with Gasteiger partial charge in [-0.25, -0.2) is 0 Å². The summed E-state index contributed by atoms with van der Waals surface area (Å²) in [5.74, 6) is 0.301. The van der Waals surface area contributed by atoms with Crippen molar-refractivity contribution in [3.05, 3.63) is 179 Å². The molecule has 0 aromatic heterocycles. The minimum absolute atomic E-state index is 0.301. The van der Waals surface area contributed by atoms with E-state index in [9.17, 15) is 0 Å². The van der Waals surface area contributed by atoms with Crippen LogP contribution in [-0.4, -0.2) is 0 Å². The summed E-state index contributed by atoms with van der Waals surface area (Å²) >= 11 is 0. The zero-order valence-electron chi connectivity index (χ0n) is 24.1. The third kappa shape index (κ3) is 5.65. The standard InChI is InChI=1S/C41H36/c1-29-12-4-7-15-37(29)40-18-9-6-14-36(40)28-32-20-22-34(23-21-32)35-26-24-33(25-27-35)31(3)39-17-10-11-19-41(39)38-16-8-5-13-30(38)2/h4-27,31H,28H2,1-3H3. The molecule has 1 unspecified atom stereocenters. The summed E-state index contributed by atoms with van der Waals surface area (Å²) in [6.07, 6.45) is 0.918. The van der Waals surface area contributed by atoms with Crippen LogP contribution in [0.15, 0.2) is 146 Å². The van der Waals surface area contributed by atoms with Crippen molar-refractivity contribution in [2.24, 2.45) is 0 Å². The molecule has 200 valence electrons. The van der Waals surface area contributed by atoms with Crippen molar-refractivity contribution in [2.45, 2.75) is 33.1 Å². The molecule has 0 aliphatic carbocycles. The van der Waals surface area contributed by atoms with Gasteiger partial charge in [0, 0.05) is 5.92 Å². The molecular weight excluding hydrogens is 492 g/mol. The highest BCUT2D eigenvalue weighted by atomic mass is 14.2. The molecule has 6 aromatic rings. The molecule has 0 bridgehead atoms. The van der Waals surface area contributed by atoms with E-state index in [1.165, 1.54) is 66.8 Å². The third-order valence-corrected chi connectivity index (χ3v) is 8.41. The second-order valence-corrected chi connectivity index (χ2v) is 11.1. The second-order valence-electron chi connectivity index (χ2n) is 11.1. The molecular formula is C41H36. The summed E-state index contributed by atoms with van der Waals surface area (Å²) in [6.45, 7) is 6.70. The van der Waals surface area contributed by atoms with Gasteiger partial charge in [-0.3, -0.25) is 0 Å². The smallest absolute Gasteiger partial charge is 0.00671 e. The second kappa shape index (κ2) is 11.8. The Morgan fingerprint density at radius 1 is 0.439 bits per heavy atom. The fourth-order valence-corrected chi connectivity index (χ4v) is 5.99. The first-order valence-electron chi connectivity index (χ1n) is 14.6. The van der Waals surface area contributed by atoms with Crippen LogP contribution < -0.4 is 0 Å². The Hall–Kier alpha value is -4.68. The van der Waals surface area contributed by atoms with Crippen LogP contribution in [0.2, 0.25) is 0 Å². The Balaban J connectivity index is 1.21. The number of hydrogen-bond donors (Lipinski definition) is 0. The Morgan fingerprint density at radius 2 is 0.902 bits per heavy atom. The number of rotatable bonds is 7. The minimum atomic E-state index is 0.301. The van der Waals surface area contributed by atoms with E-state index in [4.69, 9.17) is 0 Å². The number of benzene rings is 6. The normalized spacial score (nSPS) is 11.8. The van der Waals surface area contributed by atoms with Gasteiger partial charge in [0.2, 0.25) is 0 Å². The van der Waals surface area contributed by atoms with Crippen LogP contribution in [-0.2, 0) is 6.42 Å². The maximum absolute atomic E-state index is 2.32. The molecule has 1 atom stereocenters. The van der Waals surface area contributed by atoms with Gasteiger partial charge in [-0.1, -0.05) is 153 Å². The Bertz CT molecular complexity index is 1770. The van der Waals surface area contributed by atoms with Crippen molar-refractivity contribution in [3.8, 4) is 33.4 Å². The fraction of sp³-hybridized carbons (Fsp3) is 0.122. The molecule has 6 aromatic carbocycles. The van der Waals surface area contributed by atoms with E-state index >= 15 is 0 Å². The third-order valence-electron chi connectivity index (χ3n) is 8.41. The molecule has 0 aliphatic heterocycles. The summed E-state index contributed by atoms with van der Waals surface area (Å²) in [5, 5.41) is 0. The average molecular weight is 529 g/mol. The van der Waals surface area contributed by atoms with Gasteiger partial charge in [-0.15, -0.1) is 0 Å². The lowest BCUT2D eigenvalue weighted by atomic mass is 9.85. The number of hydrogen-bond acceptors (Lipinski definition) is 0. The van der Waals surface area contributed by atoms with Crippen molar-refractivity contribution in [1.29, 1.82) is 0 Å². The summed E-state index contributed by atoms with van der Waals surface area (Å²) in [4.78, 5) is 0. The van der Waals surface area contributed by atoms with Crippen LogP contribution in [0.1, 0.15) is 46.2 Å². The highest BCUT2D eigenvalue weighted by Gasteiger charge is 2.15. The molecule has 0 fully saturated rings. The molecule has 0 nitrogen and oxygen atoms in total. The van der Waals surface area contributed by atoms with E-state index in [0.717, 1.165) is 6.42 Å². The predicted octanol–water partition coefficient (Wildman–Crippen LogP) is 11.0. The lowest BCUT2D eigenvalue weighted by Gasteiger charge is -2.19. The van der Waals surface area contributed by atoms with Gasteiger partial charge < -0.3 is 0 Å². The van der Waals surface area contributed by atoms with Gasteiger partial charge in [0.15, 0.2) is 0 Å². The molecule has 0 heteroatoms. The van der Waals surface area contributed by atoms with E-state index in [0.29, 0.717) is 5.92 Å². The SMILES string of the molecule is Cc1ccccc1-c1ccccc1Cc1ccc(-c2ccc(C(C)c3ccccc3-c3ccccc3C)cc2)cc1. The topological polar surface area (TPSA) is 0 Å². The predicted molar refractivity (Wildman–Crippen MR) is 175 cm³/mol. The molecule has 0 amide bonds. The highest BCUT2D eigenvalue weighted by molar-refractivity contribution is 5.73. The molecule has 0 radical (unpaired) electrons. The van der Waals surface area contributed by atoms with Crippen molar-refractivity contribution < 1.29 is 0 Å². The summed E-state index contributed by atoms with van der Waals surface area (Å²) in [7, 11) is 0. The first kappa shape index (κ1) is 26.5. The van der Waals surface area contributed by atoms with E-state index < -0.39 is 0 Å². The van der Waals surface area contributed by atoms with Gasteiger partial charge >= 0.3 is 0 Å². The van der Waals surface area contributed by atoms with Gasteiger partial charge in [-0.05, 0) is 87.0 Å². The molecule has 0 saturated heterocycles. The zero-order valence-corrected chi connectivity index (χ0v) is 24.1. The lowest BCUT2D eigenvalue weighted by molar-refractivity contribution is 0.925. The molecule has 41 heavy (non-hydrogen) atoms. The van der Waals surface area contributed by atoms with Crippen LogP contribution in [0.4, 0.5) is 0 Å². The zero-order chi connectivity index (χ0) is 28.2. The quantitative estimate of drug-likeness (QED) is 0.193. The van der Waals surface area contributed by atoms with Crippen LogP contribution in [0, 0.1) is 13.8 Å². The first-order chi connectivity index (χ1) is 20.1. The van der Waals surface area contributed by atoms with Gasteiger partial charge in [0.25, 0.3) is 0 Å². The highest BCUT2D eigenvalue weighted by Crippen LogP contribution is 2.35. The van der Waals surface area contributed by atoms with Crippen molar-refractivity contribution in [2.75, 3.05) is 0 Å². The molecule has 0 saturated carbocycles. The van der Waals surface area contributed by atoms with Gasteiger partial charge in [-0.2, -0.15) is 0 Å². The van der Waals surface area contributed by atoms with Crippen molar-refractivity contribution in [3.63, 3.8) is 0 Å². The largest absolute Gasteiger partial charge is 0.0620 e. The van der Waals surface area contributed by atoms with E-state index in [1.807, 2.05) is 0 Å². The van der Waals surface area contributed by atoms with Gasteiger partial charge in [0.05, 0.1) is 0 Å². The summed E-state index contributed by atoms with van der Waals surface area (Å²) in [6, 6.07) is 53.1. The molecule has 0 N–H and O–H groups in total. The molecule has 0 aliphatic rings. The Kier molecular flexibility index (Phi) is 7.65. The van der Waals surface area contributed by atoms with Gasteiger partial charge in [0.1, 0.15) is 0 Å². The Morgan fingerprint density at radius 3 is 1.51 bits per heavy atom. The first-order valence-corrected chi connectivity index (χ1v) is 14.6. The van der Waals surface area contributed by atoms with E-state index in [-0.39, 0.29) is 0 Å². The molecule has 0 spiro atoms. The summed E-state index contributed by atoms with van der Waals surface area (Å²) < 4.78 is 0. The monoisotopic (exact) mass is 528 g/mol. The van der Waals surface area contributed by atoms with Crippen LogP contribution in [0.3, 0.4) is 0 Å². The van der Waals surface area contributed by atoms with Crippen molar-refractivity contribution in [1.82, 2.24) is 0 Å². The van der Waals surface area contributed by atoms with E-state index in [2.05, 4.69) is 166 Å². The molecule has 6 rings (SSSR count). The maximum atomic E-state index is 2.32. The Labute approximate surface area is 245 Å². The van der Waals surface area contributed by atoms with E-state index in [1.54, 1.807) is 0 Å². The minimum Gasteiger partial charge on any atom is -0.0620 e. The van der Waals surface area contributed by atoms with Crippen LogP contribution in [0.25, 0.3) is 33.4 Å². The molecule has 0 heterocycles. The summed E-state index contributed by atoms with van der Waals surface area (Å²) in [5.41, 5.74) is 15.8. The fourth-order valence-electron chi connectivity index (χ4n) is 5.99. The number of aryl methyl sites for hydroxylation is 2. The van der Waals surface area contributed by atoms with Crippen molar-refractivity contribution >= 4 is 0 Å². The lowest BCUT2D eigenvalue weighted by Crippen LogP contribution is -1.99. The van der Waals surface area contributed by atoms with Crippen LogP contribution >= 0.6 is 0 Å². The maximum Gasteiger partial charge on any atom is 0.00671 e. The van der Waals surface area contributed by atoms with Crippen LogP contribution in [0.5, 0.6) is 0 Å². The average Bonchev–Trinajstić information content (AvgIpc) is 3.02.